The van der Waals surface area contributed by atoms with Crippen molar-refractivity contribution in [3.63, 3.8) is 0 Å². The lowest BCUT2D eigenvalue weighted by Crippen LogP contribution is -2.18. The maximum atomic E-state index is 13.1. The summed E-state index contributed by atoms with van der Waals surface area (Å²) in [7, 11) is 0. The van der Waals surface area contributed by atoms with Crippen molar-refractivity contribution < 1.29 is 109 Å². The fraction of sp³-hybridized carbons (Fsp3) is 0.378. The number of benzene rings is 5. The maximum Gasteiger partial charge on any atom is 0.354 e. The Kier molecular flexibility index (Phi) is 48.7. The van der Waals surface area contributed by atoms with E-state index in [1.807, 2.05) is 6.07 Å². The van der Waals surface area contributed by atoms with Crippen molar-refractivity contribution in [1.82, 2.24) is 0 Å². The highest BCUT2D eigenvalue weighted by Crippen LogP contribution is 2.34. The number of hydrogen-bond acceptors (Lipinski definition) is 23. The molecule has 10 fully saturated rings. The minimum Gasteiger partial charge on any atom is -0.491 e. The molecule has 0 aromatic heterocycles. The van der Waals surface area contributed by atoms with Crippen molar-refractivity contribution >= 4 is 23.9 Å². The average molecular weight is 1910 g/mol. The van der Waals surface area contributed by atoms with Crippen LogP contribution in [0.3, 0.4) is 0 Å². The molecule has 10 heterocycles. The van der Waals surface area contributed by atoms with Gasteiger partial charge >= 0.3 is 23.9 Å². The van der Waals surface area contributed by atoms with Crippen LogP contribution in [-0.4, -0.2) is 197 Å². The molecule has 10 saturated heterocycles. The van der Waals surface area contributed by atoms with E-state index in [1.165, 1.54) is 79.2 Å². The number of rotatable bonds is 47. The molecule has 10 unspecified atom stereocenters. The van der Waals surface area contributed by atoms with E-state index in [2.05, 4.69) is 282 Å². The van der Waals surface area contributed by atoms with Crippen LogP contribution in [0.5, 0.6) is 28.7 Å². The molecular formula is C119H108O23. The second kappa shape index (κ2) is 64.6. The number of aryl methyl sites for hydroxylation is 1. The number of esters is 4. The van der Waals surface area contributed by atoms with E-state index < -0.39 is 29.5 Å². The molecule has 142 heavy (non-hydrogen) atoms. The van der Waals surface area contributed by atoms with Gasteiger partial charge in [-0.15, -0.1) is 0 Å². The van der Waals surface area contributed by atoms with Gasteiger partial charge in [0.2, 0.25) is 0 Å². The third kappa shape index (κ3) is 51.2. The van der Waals surface area contributed by atoms with Crippen molar-refractivity contribution in [2.75, 3.05) is 112 Å². The Hall–Kier alpha value is -15.5. The van der Waals surface area contributed by atoms with Gasteiger partial charge < -0.3 is 90.0 Å². The molecule has 5 aromatic rings. The van der Waals surface area contributed by atoms with Gasteiger partial charge in [-0.1, -0.05) is 148 Å². The molecule has 0 radical (unpaired) electrons. The SMILES string of the molecule is C=C=C=C=C=C=C=C=C=C=C=C=C=C=C=C=C=C=C=C=C=C=C=C=C=C=C=C=C=C=C=C=C=C(C(=O)OCc1cccc(OCC2CO2)c1)C(=O)OCc1cccc(OCC2CO2)c1.C=CCOc1c(CC2CO2)cccc1CC1CO1.CCC/C=C/C/C=C/CCCCCCCc1cccc(OCC2CO2)c1.O=C(CC(=O)OCC1CO1)OCC1CO1.c1cc(CC2CO2)c(OCC2CO2)c(CC2CO2)c1. The summed E-state index contributed by atoms with van der Waals surface area (Å²) >= 11 is 0. The van der Waals surface area contributed by atoms with Crippen molar-refractivity contribution in [2.24, 2.45) is 0 Å². The molecule has 0 N–H and O–H groups in total. The van der Waals surface area contributed by atoms with Gasteiger partial charge in [-0.25, -0.2) is 9.59 Å². The van der Waals surface area contributed by atoms with Crippen molar-refractivity contribution in [2.45, 2.75) is 177 Å². The number of carbonyl (C=O) groups is 4. The van der Waals surface area contributed by atoms with Gasteiger partial charge in [0.1, 0.15) is 131 Å². The Balaban J connectivity index is 0.000000197. The third-order valence-corrected chi connectivity index (χ3v) is 20.2. The number of unbranched alkanes of at least 4 members (excludes halogenated alkanes) is 6. The van der Waals surface area contributed by atoms with Gasteiger partial charge in [-0.3, -0.25) is 9.59 Å². The zero-order valence-corrected chi connectivity index (χ0v) is 79.4. The molecule has 10 atom stereocenters. The van der Waals surface area contributed by atoms with Crippen LogP contribution < -0.4 is 23.7 Å². The first-order chi connectivity index (χ1) is 70.0. The predicted molar refractivity (Wildman–Crippen MR) is 519 cm³/mol. The second-order valence-electron chi connectivity index (χ2n) is 32.4. The lowest BCUT2D eigenvalue weighted by atomic mass is 10.0. The molecule has 0 aliphatic carbocycles. The summed E-state index contributed by atoms with van der Waals surface area (Å²) in [6.07, 6.45) is 29.3. The second-order valence-corrected chi connectivity index (χ2v) is 32.4. The Labute approximate surface area is 827 Å². The van der Waals surface area contributed by atoms with Crippen LogP contribution in [0.2, 0.25) is 0 Å². The molecule has 0 bridgehead atoms. The highest BCUT2D eigenvalue weighted by Gasteiger charge is 2.33. The normalized spacial score (nSPS) is 18.2. The molecule has 10 aliphatic rings. The fourth-order valence-electron chi connectivity index (χ4n) is 12.2. The first-order valence-corrected chi connectivity index (χ1v) is 47.0. The molecule has 10 aliphatic heterocycles. The lowest BCUT2D eigenvalue weighted by molar-refractivity contribution is -0.155. The van der Waals surface area contributed by atoms with E-state index in [0.29, 0.717) is 113 Å². The summed E-state index contributed by atoms with van der Waals surface area (Å²) in [6.45, 7) is 19.8. The summed E-state index contributed by atoms with van der Waals surface area (Å²) in [5.41, 5.74) is 86.5. The predicted octanol–water partition coefficient (Wildman–Crippen LogP) is 16.9. The van der Waals surface area contributed by atoms with E-state index in [1.54, 1.807) is 54.6 Å². The third-order valence-electron chi connectivity index (χ3n) is 20.2. The summed E-state index contributed by atoms with van der Waals surface area (Å²) in [6, 6.07) is 35.3. The fourth-order valence-corrected chi connectivity index (χ4v) is 12.2. The number of carbonyl (C=O) groups excluding carboxylic acids is 4. The minimum atomic E-state index is -0.997. The van der Waals surface area contributed by atoms with Gasteiger partial charge in [-0.05, 0) is 218 Å². The van der Waals surface area contributed by atoms with Crippen LogP contribution in [0, 0.1) is 0 Å². The molecule has 5 aromatic carbocycles. The van der Waals surface area contributed by atoms with Crippen LogP contribution in [0.1, 0.15) is 110 Å². The number of allylic oxidation sites excluding steroid dienone is 4. The van der Waals surface area contributed by atoms with Crippen molar-refractivity contribution in [3.05, 3.63) is 381 Å². The Bertz CT molecular complexity index is 6440. The molecule has 23 nitrogen and oxygen atoms in total. The summed E-state index contributed by atoms with van der Waals surface area (Å²) in [5.74, 6) is 1.04. The average Bonchev–Trinajstić information content (AvgIpc) is 1.70. The maximum absolute atomic E-state index is 13.1. The van der Waals surface area contributed by atoms with Gasteiger partial charge in [0.15, 0.2) is 5.57 Å². The topological polar surface area (TPSA) is 277 Å². The zero-order valence-electron chi connectivity index (χ0n) is 79.4. The highest BCUT2D eigenvalue weighted by atomic mass is 16.6. The number of para-hydroxylation sites is 2. The van der Waals surface area contributed by atoms with E-state index >= 15 is 0 Å². The smallest absolute Gasteiger partial charge is 0.354 e. The van der Waals surface area contributed by atoms with Crippen LogP contribution >= 0.6 is 0 Å². The minimum absolute atomic E-state index is 0.0184. The van der Waals surface area contributed by atoms with Crippen molar-refractivity contribution in [1.29, 1.82) is 0 Å². The highest BCUT2D eigenvalue weighted by molar-refractivity contribution is 6.13. The first-order valence-electron chi connectivity index (χ1n) is 47.0. The van der Waals surface area contributed by atoms with Gasteiger partial charge in [-0.2, -0.15) is 0 Å². The summed E-state index contributed by atoms with van der Waals surface area (Å²) < 4.78 is 101. The Morgan fingerprint density at radius 3 is 0.986 bits per heavy atom. The monoisotopic (exact) mass is 1900 g/mol. The molecular weight excluding hydrogens is 1800 g/mol. The zero-order chi connectivity index (χ0) is 99.0. The van der Waals surface area contributed by atoms with Crippen LogP contribution in [0.15, 0.2) is 342 Å². The Morgan fingerprint density at radius 2 is 0.634 bits per heavy atom. The van der Waals surface area contributed by atoms with E-state index in [-0.39, 0.29) is 63.4 Å². The standard InChI is InChI=1S/C56H24O8.C24H36O2.C15H18O4.C15H18O3.C9H12O6/c1-2-3-4-5-6-7-8-9-10-11-12-13-14-15-16-17-18-19-20-21-22-23-24-25-26-27-28-29-30-31-32-39-54(55(57)63-42-48-35-33-37-50(40-48)59-44-52-46-61-52)56(58)64-43-49-36-34-38-51(41-49)60-45-53-47-62-53;1-2-3-4-5-6-7-8-9-10-11-12-13-14-16-22-17-15-18-23(19-22)25-20-24-21-26-24;1-2-10(4-12-6-16-12)15(19-9-14-8-18-14)11(3-1)5-13-7-17-13;1-2-6-16-15-11(7-13-9-17-13)4-3-5-12(15)8-14-10-18-14;10-8(14-4-6-2-12-6)1-9(11)15-5-7-3-13-7/h33-38,40-41,52-53H,1,42-47H2;4-5,7-8,15,17-19,24H,2-3,6,9-14,16,20-21H2,1H3;1-3,12-14H,4-9H2;2-5,13-14H,1,6-10H2;6-7H,1-5H2/b;5-4+,8-7+;;;. The van der Waals surface area contributed by atoms with Gasteiger partial charge in [0.05, 0.1) is 90.5 Å². The number of hydrogen-bond donors (Lipinski definition) is 0. The molecule has 722 valence electrons. The summed E-state index contributed by atoms with van der Waals surface area (Å²) in [4.78, 5) is 48.2. The van der Waals surface area contributed by atoms with Crippen molar-refractivity contribution in [3.8, 4) is 28.7 Å². The number of epoxide rings is 10. The van der Waals surface area contributed by atoms with Crippen LogP contribution in [0.25, 0.3) is 0 Å². The molecule has 15 rings (SSSR count). The van der Waals surface area contributed by atoms with Gasteiger partial charge in [0.25, 0.3) is 0 Å². The Morgan fingerprint density at radius 1 is 0.331 bits per heavy atom. The van der Waals surface area contributed by atoms with E-state index in [0.717, 1.165) is 95.4 Å². The van der Waals surface area contributed by atoms with E-state index in [4.69, 9.17) is 90.0 Å². The summed E-state index contributed by atoms with van der Waals surface area (Å²) in [5, 5.41) is 0. The molecule has 0 saturated carbocycles. The first kappa shape index (κ1) is 107. The van der Waals surface area contributed by atoms with Crippen LogP contribution in [-0.2, 0) is 131 Å². The number of ether oxygens (including phenoxy) is 19. The quantitative estimate of drug-likeness (QED) is 0.00403. The molecule has 23 heteroatoms. The lowest BCUT2D eigenvalue weighted by Gasteiger charge is -2.14. The van der Waals surface area contributed by atoms with Gasteiger partial charge in [0, 0.05) is 106 Å². The largest absolute Gasteiger partial charge is 0.491 e. The molecule has 0 amide bonds. The molecule has 0 spiro atoms. The van der Waals surface area contributed by atoms with Crippen LogP contribution in [0.4, 0.5) is 0 Å². The van der Waals surface area contributed by atoms with E-state index in [9.17, 15) is 19.2 Å².